The van der Waals surface area contributed by atoms with Crippen molar-refractivity contribution in [3.05, 3.63) is 83.6 Å². The molecule has 1 saturated heterocycles. The molecule has 0 aromatic heterocycles. The maximum absolute atomic E-state index is 14.2. The lowest BCUT2D eigenvalue weighted by Gasteiger charge is -2.59. The number of rotatable bonds is 3. The van der Waals surface area contributed by atoms with Gasteiger partial charge in [-0.2, -0.15) is 0 Å². The van der Waals surface area contributed by atoms with E-state index in [-0.39, 0.29) is 23.3 Å². The number of benzene rings is 2. The van der Waals surface area contributed by atoms with Crippen LogP contribution in [0.5, 0.6) is 0 Å². The predicted molar refractivity (Wildman–Crippen MR) is 142 cm³/mol. The molecule has 4 heteroatoms. The average molecular weight is 483 g/mol. The Labute approximate surface area is 215 Å². The molecule has 4 nitrogen and oxygen atoms in total. The van der Waals surface area contributed by atoms with Gasteiger partial charge >= 0.3 is 6.03 Å². The lowest BCUT2D eigenvalue weighted by atomic mass is 9.50. The number of likely N-dealkylation sites (tertiary alicyclic amines) is 1. The number of ketones is 1. The Morgan fingerprint density at radius 1 is 0.917 bits per heavy atom. The Morgan fingerprint density at radius 3 is 2.25 bits per heavy atom. The zero-order valence-electron chi connectivity index (χ0n) is 21.6. The molecule has 2 amide bonds. The van der Waals surface area contributed by atoms with E-state index in [4.69, 9.17) is 0 Å². The molecule has 0 unspecified atom stereocenters. The highest BCUT2D eigenvalue weighted by Gasteiger charge is 2.58. The Balaban J connectivity index is 1.37. The number of hydrogen-bond donors (Lipinski definition) is 1. The maximum Gasteiger partial charge on any atom is 0.322 e. The topological polar surface area (TPSA) is 49.4 Å². The van der Waals surface area contributed by atoms with Crippen molar-refractivity contribution in [1.82, 2.24) is 10.2 Å². The Hall–Kier alpha value is -2.88. The number of nitrogens with zero attached hydrogens (tertiary/aromatic N) is 1. The van der Waals surface area contributed by atoms with Crippen molar-refractivity contribution in [2.45, 2.75) is 64.8 Å². The summed E-state index contributed by atoms with van der Waals surface area (Å²) < 4.78 is 0. The van der Waals surface area contributed by atoms with Gasteiger partial charge in [-0.1, -0.05) is 80.9 Å². The van der Waals surface area contributed by atoms with Crippen molar-refractivity contribution < 1.29 is 9.59 Å². The average Bonchev–Trinajstić information content (AvgIpc) is 3.30. The second-order valence-electron chi connectivity index (χ2n) is 12.2. The van der Waals surface area contributed by atoms with Crippen LogP contribution in [-0.2, 0) is 4.79 Å². The number of nitrogens with one attached hydrogen (secondary N) is 1. The van der Waals surface area contributed by atoms with Crippen LogP contribution in [0.1, 0.15) is 76.0 Å². The molecule has 0 radical (unpaired) electrons. The second kappa shape index (κ2) is 8.90. The molecular weight excluding hydrogens is 444 g/mol. The number of carbonyl (C=O) groups is 2. The van der Waals surface area contributed by atoms with Crippen LogP contribution in [0.2, 0.25) is 0 Å². The van der Waals surface area contributed by atoms with Crippen LogP contribution < -0.4 is 5.32 Å². The zero-order chi connectivity index (χ0) is 24.9. The van der Waals surface area contributed by atoms with Gasteiger partial charge in [0.25, 0.3) is 0 Å². The van der Waals surface area contributed by atoms with E-state index in [9.17, 15) is 9.59 Å². The van der Waals surface area contributed by atoms with E-state index >= 15 is 0 Å². The van der Waals surface area contributed by atoms with Crippen molar-refractivity contribution in [3.63, 3.8) is 0 Å². The highest BCUT2D eigenvalue weighted by molar-refractivity contribution is 5.93. The molecule has 188 valence electrons. The van der Waals surface area contributed by atoms with Crippen LogP contribution in [0, 0.1) is 28.6 Å². The third-order valence-corrected chi connectivity index (χ3v) is 10.3. The number of hydrogen-bond acceptors (Lipinski definition) is 2. The largest absolute Gasteiger partial charge is 0.327 e. The van der Waals surface area contributed by atoms with E-state index in [1.54, 1.807) is 0 Å². The fourth-order valence-electron chi connectivity index (χ4n) is 8.34. The van der Waals surface area contributed by atoms with Crippen LogP contribution in [0.15, 0.2) is 72.4 Å². The Morgan fingerprint density at radius 2 is 1.58 bits per heavy atom. The minimum Gasteiger partial charge on any atom is -0.327 e. The summed E-state index contributed by atoms with van der Waals surface area (Å²) in [5, 5.41) is 3.38. The molecule has 4 aliphatic rings. The quantitative estimate of drug-likeness (QED) is 0.518. The molecule has 5 atom stereocenters. The van der Waals surface area contributed by atoms with Gasteiger partial charge in [0.05, 0.1) is 6.04 Å². The second-order valence-corrected chi connectivity index (χ2v) is 12.2. The van der Waals surface area contributed by atoms with E-state index in [1.807, 2.05) is 47.4 Å². The van der Waals surface area contributed by atoms with Gasteiger partial charge in [0.15, 0.2) is 5.78 Å². The summed E-state index contributed by atoms with van der Waals surface area (Å²) in [5.41, 5.74) is 3.36. The summed E-state index contributed by atoms with van der Waals surface area (Å²) in [7, 11) is 0. The summed E-state index contributed by atoms with van der Waals surface area (Å²) >= 11 is 0. The molecule has 0 bridgehead atoms. The van der Waals surface area contributed by atoms with Crippen LogP contribution >= 0.6 is 0 Å². The monoisotopic (exact) mass is 482 g/mol. The van der Waals surface area contributed by atoms with Crippen LogP contribution in [-0.4, -0.2) is 23.3 Å². The number of allylic oxidation sites excluding steroid dienone is 2. The van der Waals surface area contributed by atoms with Gasteiger partial charge in [0.2, 0.25) is 0 Å². The van der Waals surface area contributed by atoms with Crippen molar-refractivity contribution in [2.24, 2.45) is 28.6 Å². The Bertz CT molecular complexity index is 1140. The van der Waals surface area contributed by atoms with Gasteiger partial charge in [-0.3, -0.25) is 9.69 Å². The van der Waals surface area contributed by atoms with Gasteiger partial charge < -0.3 is 5.32 Å². The highest BCUT2D eigenvalue weighted by atomic mass is 16.2. The van der Waals surface area contributed by atoms with Crippen molar-refractivity contribution in [1.29, 1.82) is 0 Å². The standard InChI is InChI=1S/C32H38N2O2/c1-31-17-9-14-26(31)25-21-34(28-20-24(35)15-19-32(28,2)27(25)16-18-31)30(36)33-29(22-10-5-3-6-11-22)23-12-7-4-8-13-23/h3-8,10-13,20,25-27,29H,9,14-19,21H2,1-2H3,(H,33,36)/t25-,26-,27-,31-,32+/m0/s1. The zero-order valence-corrected chi connectivity index (χ0v) is 21.6. The summed E-state index contributed by atoms with van der Waals surface area (Å²) in [6.45, 7) is 5.55. The molecule has 1 aliphatic heterocycles. The molecule has 36 heavy (non-hydrogen) atoms. The normalized spacial score (nSPS) is 33.4. The smallest absolute Gasteiger partial charge is 0.322 e. The van der Waals surface area contributed by atoms with Crippen molar-refractivity contribution in [2.75, 3.05) is 6.54 Å². The van der Waals surface area contributed by atoms with E-state index < -0.39 is 0 Å². The Kier molecular flexibility index (Phi) is 5.81. The summed E-state index contributed by atoms with van der Waals surface area (Å²) in [4.78, 5) is 28.8. The van der Waals surface area contributed by atoms with Crippen LogP contribution in [0.3, 0.4) is 0 Å². The number of fused-ring (bicyclic) bond motifs is 5. The van der Waals surface area contributed by atoms with Gasteiger partial charge in [0, 0.05) is 30.2 Å². The van der Waals surface area contributed by atoms with Gasteiger partial charge in [0.1, 0.15) is 0 Å². The summed E-state index contributed by atoms with van der Waals surface area (Å²) in [6, 6.07) is 20.0. The molecular formula is C32H38N2O2. The molecule has 1 heterocycles. The van der Waals surface area contributed by atoms with Gasteiger partial charge in [-0.15, -0.1) is 0 Å². The predicted octanol–water partition coefficient (Wildman–Crippen LogP) is 6.89. The van der Waals surface area contributed by atoms with Gasteiger partial charge in [-0.25, -0.2) is 4.79 Å². The number of piperidine rings is 1. The number of urea groups is 1. The first-order chi connectivity index (χ1) is 17.4. The van der Waals surface area contributed by atoms with E-state index in [2.05, 4.69) is 43.4 Å². The molecule has 2 saturated carbocycles. The first-order valence-corrected chi connectivity index (χ1v) is 13.8. The summed E-state index contributed by atoms with van der Waals surface area (Å²) in [5.74, 6) is 1.87. The molecule has 2 aromatic carbocycles. The fraction of sp³-hybridized carbons (Fsp3) is 0.500. The first kappa shape index (κ1) is 23.5. The van der Waals surface area contributed by atoms with Crippen molar-refractivity contribution in [3.8, 4) is 0 Å². The fourth-order valence-corrected chi connectivity index (χ4v) is 8.34. The molecule has 0 spiro atoms. The molecule has 3 aliphatic carbocycles. The number of carbonyl (C=O) groups excluding carboxylic acids is 2. The van der Waals surface area contributed by atoms with E-state index in [0.29, 0.717) is 29.6 Å². The maximum atomic E-state index is 14.2. The molecule has 3 fully saturated rings. The van der Waals surface area contributed by atoms with E-state index in [1.165, 1.54) is 32.1 Å². The lowest BCUT2D eigenvalue weighted by Crippen LogP contribution is -2.59. The van der Waals surface area contributed by atoms with Crippen LogP contribution in [0.25, 0.3) is 0 Å². The van der Waals surface area contributed by atoms with E-state index in [0.717, 1.165) is 29.8 Å². The lowest BCUT2D eigenvalue weighted by molar-refractivity contribution is -0.118. The third kappa shape index (κ3) is 3.81. The first-order valence-electron chi connectivity index (χ1n) is 13.8. The van der Waals surface area contributed by atoms with Crippen LogP contribution in [0.4, 0.5) is 4.79 Å². The summed E-state index contributed by atoms with van der Waals surface area (Å²) in [6.07, 6.45) is 9.65. The third-order valence-electron chi connectivity index (χ3n) is 10.3. The molecule has 6 rings (SSSR count). The minimum absolute atomic E-state index is 0.0800. The number of amides is 2. The molecule has 1 N–H and O–H groups in total. The highest BCUT2D eigenvalue weighted by Crippen LogP contribution is 2.63. The van der Waals surface area contributed by atoms with Crippen molar-refractivity contribution >= 4 is 11.8 Å². The van der Waals surface area contributed by atoms with Gasteiger partial charge in [-0.05, 0) is 66.4 Å². The minimum atomic E-state index is -0.244. The molecule has 2 aromatic rings. The SMILES string of the molecule is C[C@@]12CCC[C@H]1[C@@H]1CN(C(=O)NC(c3ccccc3)c3ccccc3)C3=CC(=O)CC[C@]3(C)[C@H]1CC2.